The summed E-state index contributed by atoms with van der Waals surface area (Å²) >= 11 is 0. The van der Waals surface area contributed by atoms with Crippen molar-refractivity contribution in [2.24, 2.45) is 5.73 Å². The SMILES string of the molecule is CCc1c(-c2ccc(C(C)(C)C)cc2)c(C(N)=O)c(C)n1CCN1CCCCC1. The lowest BCUT2D eigenvalue weighted by Gasteiger charge is -2.27. The third-order valence-electron chi connectivity index (χ3n) is 6.34. The molecule has 4 heteroatoms. The highest BCUT2D eigenvalue weighted by Crippen LogP contribution is 2.34. The third kappa shape index (κ3) is 4.58. The molecule has 1 aliphatic rings. The Morgan fingerprint density at radius 1 is 1.03 bits per heavy atom. The van der Waals surface area contributed by atoms with E-state index in [1.807, 2.05) is 6.92 Å². The molecule has 0 aliphatic carbocycles. The van der Waals surface area contributed by atoms with Crippen LogP contribution in [0.1, 0.15) is 74.3 Å². The molecule has 4 nitrogen and oxygen atoms in total. The van der Waals surface area contributed by atoms with Gasteiger partial charge in [-0.25, -0.2) is 0 Å². The van der Waals surface area contributed by atoms with Crippen molar-refractivity contribution in [2.45, 2.75) is 72.3 Å². The van der Waals surface area contributed by atoms with Gasteiger partial charge in [0.2, 0.25) is 0 Å². The molecular weight excluding hydrogens is 358 g/mol. The summed E-state index contributed by atoms with van der Waals surface area (Å²) in [5, 5.41) is 0. The lowest BCUT2D eigenvalue weighted by Crippen LogP contribution is -2.33. The highest BCUT2D eigenvalue weighted by Gasteiger charge is 2.25. The molecule has 158 valence electrons. The van der Waals surface area contributed by atoms with Gasteiger partial charge in [0, 0.05) is 30.0 Å². The summed E-state index contributed by atoms with van der Waals surface area (Å²) in [4.78, 5) is 15.0. The summed E-state index contributed by atoms with van der Waals surface area (Å²) in [7, 11) is 0. The number of nitrogens with two attached hydrogens (primary N) is 1. The largest absolute Gasteiger partial charge is 0.366 e. The summed E-state index contributed by atoms with van der Waals surface area (Å²) in [6.07, 6.45) is 4.82. The molecule has 1 saturated heterocycles. The molecule has 2 aromatic rings. The van der Waals surface area contributed by atoms with Crippen LogP contribution in [-0.4, -0.2) is 35.0 Å². The average Bonchev–Trinajstić information content (AvgIpc) is 2.98. The van der Waals surface area contributed by atoms with Crippen LogP contribution in [0.2, 0.25) is 0 Å². The standard InChI is InChI=1S/C25H37N3O/c1-6-21-23(19-10-12-20(13-11-19)25(3,4)5)22(24(26)29)18(2)28(21)17-16-27-14-8-7-9-15-27/h10-13H,6-9,14-17H2,1-5H3,(H2,26,29). The number of amides is 1. The van der Waals surface area contributed by atoms with Gasteiger partial charge in [0.25, 0.3) is 5.91 Å². The van der Waals surface area contributed by atoms with E-state index in [1.54, 1.807) is 0 Å². The molecular formula is C25H37N3O. The first-order valence-electron chi connectivity index (χ1n) is 11.1. The lowest BCUT2D eigenvalue weighted by atomic mass is 9.86. The van der Waals surface area contributed by atoms with Gasteiger partial charge in [0.15, 0.2) is 0 Å². The lowest BCUT2D eigenvalue weighted by molar-refractivity contribution is 0.1000. The van der Waals surface area contributed by atoms with Crippen LogP contribution in [0.25, 0.3) is 11.1 Å². The number of likely N-dealkylation sites (tertiary alicyclic amines) is 1. The highest BCUT2D eigenvalue weighted by molar-refractivity contribution is 6.02. The number of benzene rings is 1. The van der Waals surface area contributed by atoms with Gasteiger partial charge < -0.3 is 15.2 Å². The Balaban J connectivity index is 2.00. The monoisotopic (exact) mass is 395 g/mol. The molecule has 1 fully saturated rings. The summed E-state index contributed by atoms with van der Waals surface area (Å²) in [5.41, 5.74) is 12.3. The number of hydrogen-bond donors (Lipinski definition) is 1. The average molecular weight is 396 g/mol. The molecule has 0 spiro atoms. The number of nitrogens with zero attached hydrogens (tertiary/aromatic N) is 2. The van der Waals surface area contributed by atoms with Gasteiger partial charge >= 0.3 is 0 Å². The van der Waals surface area contributed by atoms with Gasteiger partial charge in [-0.2, -0.15) is 0 Å². The van der Waals surface area contributed by atoms with Crippen molar-refractivity contribution in [1.29, 1.82) is 0 Å². The van der Waals surface area contributed by atoms with Crippen LogP contribution in [0.15, 0.2) is 24.3 Å². The summed E-state index contributed by atoms with van der Waals surface area (Å²) < 4.78 is 2.34. The van der Waals surface area contributed by atoms with Crippen molar-refractivity contribution < 1.29 is 4.79 Å². The van der Waals surface area contributed by atoms with Crippen molar-refractivity contribution in [3.8, 4) is 11.1 Å². The molecule has 1 aliphatic heterocycles. The van der Waals surface area contributed by atoms with Crippen molar-refractivity contribution >= 4 is 5.91 Å². The molecule has 29 heavy (non-hydrogen) atoms. The highest BCUT2D eigenvalue weighted by atomic mass is 16.1. The number of carbonyl (C=O) groups excluding carboxylic acids is 1. The zero-order chi connectivity index (χ0) is 21.2. The van der Waals surface area contributed by atoms with Crippen LogP contribution < -0.4 is 5.73 Å². The van der Waals surface area contributed by atoms with E-state index in [1.165, 1.54) is 43.6 Å². The van der Waals surface area contributed by atoms with E-state index in [-0.39, 0.29) is 11.3 Å². The van der Waals surface area contributed by atoms with E-state index in [0.717, 1.165) is 36.3 Å². The van der Waals surface area contributed by atoms with Crippen molar-refractivity contribution in [1.82, 2.24) is 9.47 Å². The van der Waals surface area contributed by atoms with Crippen LogP contribution in [0.4, 0.5) is 0 Å². The third-order valence-corrected chi connectivity index (χ3v) is 6.34. The van der Waals surface area contributed by atoms with E-state index in [9.17, 15) is 4.79 Å². The number of aromatic nitrogens is 1. The van der Waals surface area contributed by atoms with Crippen LogP contribution >= 0.6 is 0 Å². The van der Waals surface area contributed by atoms with Gasteiger partial charge in [-0.05, 0) is 55.8 Å². The molecule has 0 bridgehead atoms. The Hall–Kier alpha value is -2.07. The Kier molecular flexibility index (Phi) is 6.52. The van der Waals surface area contributed by atoms with E-state index in [4.69, 9.17) is 5.73 Å². The second-order valence-electron chi connectivity index (χ2n) is 9.38. The fraction of sp³-hybridized carbons (Fsp3) is 0.560. The number of hydrogen-bond acceptors (Lipinski definition) is 2. The first kappa shape index (κ1) is 21.6. The first-order valence-corrected chi connectivity index (χ1v) is 11.1. The summed E-state index contributed by atoms with van der Waals surface area (Å²) in [5.74, 6) is -0.330. The maximum absolute atomic E-state index is 12.4. The first-order chi connectivity index (χ1) is 13.7. The predicted octanol–water partition coefficient (Wildman–Crippen LogP) is 4.91. The molecule has 0 unspecified atom stereocenters. The molecule has 0 radical (unpaired) electrons. The molecule has 2 heterocycles. The van der Waals surface area contributed by atoms with Gasteiger partial charge in [-0.1, -0.05) is 58.4 Å². The van der Waals surface area contributed by atoms with Gasteiger partial charge in [0.1, 0.15) is 0 Å². The molecule has 1 amide bonds. The molecule has 3 rings (SSSR count). The van der Waals surface area contributed by atoms with E-state index >= 15 is 0 Å². The molecule has 1 aromatic carbocycles. The Labute approximate surface area is 176 Å². The number of rotatable bonds is 6. The van der Waals surface area contributed by atoms with Crippen LogP contribution in [0.5, 0.6) is 0 Å². The van der Waals surface area contributed by atoms with Crippen LogP contribution in [0.3, 0.4) is 0 Å². The van der Waals surface area contributed by atoms with Gasteiger partial charge in [-0.3, -0.25) is 4.79 Å². The molecule has 2 N–H and O–H groups in total. The molecule has 1 aromatic heterocycles. The number of primary amides is 1. The fourth-order valence-corrected chi connectivity index (χ4v) is 4.64. The van der Waals surface area contributed by atoms with Crippen LogP contribution in [0, 0.1) is 6.92 Å². The maximum atomic E-state index is 12.4. The van der Waals surface area contributed by atoms with Crippen molar-refractivity contribution in [3.05, 3.63) is 46.8 Å². The number of piperidine rings is 1. The van der Waals surface area contributed by atoms with Gasteiger partial charge in [0.05, 0.1) is 5.56 Å². The second kappa shape index (κ2) is 8.74. The van der Waals surface area contributed by atoms with Crippen molar-refractivity contribution in [2.75, 3.05) is 19.6 Å². The van der Waals surface area contributed by atoms with E-state index in [2.05, 4.69) is 61.4 Å². The topological polar surface area (TPSA) is 51.3 Å². The quantitative estimate of drug-likeness (QED) is 0.756. The predicted molar refractivity (Wildman–Crippen MR) is 121 cm³/mol. The maximum Gasteiger partial charge on any atom is 0.251 e. The summed E-state index contributed by atoms with van der Waals surface area (Å²) in [6.45, 7) is 15.2. The zero-order valence-electron chi connectivity index (χ0n) is 18.8. The fourth-order valence-electron chi connectivity index (χ4n) is 4.64. The van der Waals surface area contributed by atoms with E-state index in [0.29, 0.717) is 5.56 Å². The Morgan fingerprint density at radius 3 is 2.17 bits per heavy atom. The molecule has 0 atom stereocenters. The minimum Gasteiger partial charge on any atom is -0.366 e. The Morgan fingerprint density at radius 2 is 1.66 bits per heavy atom. The number of carbonyl (C=O) groups is 1. The minimum absolute atomic E-state index is 0.106. The minimum atomic E-state index is -0.330. The molecule has 0 saturated carbocycles. The zero-order valence-corrected chi connectivity index (χ0v) is 18.8. The van der Waals surface area contributed by atoms with Crippen LogP contribution in [-0.2, 0) is 18.4 Å². The second-order valence-corrected chi connectivity index (χ2v) is 9.38. The summed E-state index contributed by atoms with van der Waals surface area (Å²) in [6, 6.07) is 8.66. The Bertz CT molecular complexity index is 850. The smallest absolute Gasteiger partial charge is 0.251 e. The van der Waals surface area contributed by atoms with Gasteiger partial charge in [-0.15, -0.1) is 0 Å². The normalized spacial score (nSPS) is 15.6. The van der Waals surface area contributed by atoms with E-state index < -0.39 is 0 Å². The van der Waals surface area contributed by atoms with Crippen molar-refractivity contribution in [3.63, 3.8) is 0 Å².